The molecule has 2 rings (SSSR count). The van der Waals surface area contributed by atoms with E-state index in [1.165, 1.54) is 0 Å². The molecule has 0 aliphatic heterocycles. The largest absolute Gasteiger partial charge is 0.460 e. The minimum atomic E-state index is -8.09. The van der Waals surface area contributed by atoms with E-state index in [2.05, 4.69) is 0 Å². The molecule has 2 unspecified atom stereocenters. The van der Waals surface area contributed by atoms with Crippen LogP contribution in [0.3, 0.4) is 0 Å². The van der Waals surface area contributed by atoms with E-state index < -0.39 is 99.9 Å². The topological polar surface area (TPSA) is 0 Å². The third kappa shape index (κ3) is 7.76. The van der Waals surface area contributed by atoms with Crippen molar-refractivity contribution in [2.45, 2.75) is 78.0 Å². The van der Waals surface area contributed by atoms with E-state index in [4.69, 9.17) is 0 Å². The average Bonchev–Trinajstić information content (AvgIpc) is 3.03. The summed E-state index contributed by atoms with van der Waals surface area (Å²) in [7, 11) is -0.979. The molecule has 0 aliphatic carbocycles. The summed E-state index contributed by atoms with van der Waals surface area (Å²) in [4.78, 5) is 0. The standard InChI is InChI=1S/C27H16F26P2/c28-16(29,18(32,33)20(36,37)22(40,41)24(44,45)26(48,49)50)12-2-6-14(7-3-12)54-10-1-11-55-15-8-4-13(5-9-15)17(30,31)19(34,35)21(38,39)23(42,43)25(46,47)27(51,52)53/h2-9,54-55H,1,10-11H2. The van der Waals surface area contributed by atoms with Crippen molar-refractivity contribution in [3.05, 3.63) is 59.7 Å². The summed E-state index contributed by atoms with van der Waals surface area (Å²) in [5, 5.41) is -0.121. The zero-order valence-corrected chi connectivity index (χ0v) is 27.6. The fraction of sp³-hybridized carbons (Fsp3) is 0.556. The van der Waals surface area contributed by atoms with Crippen LogP contribution >= 0.6 is 17.2 Å². The highest BCUT2D eigenvalue weighted by atomic mass is 31.1. The maximum absolute atomic E-state index is 14.3. The lowest BCUT2D eigenvalue weighted by molar-refractivity contribution is -0.441. The van der Waals surface area contributed by atoms with Crippen LogP contribution in [0.2, 0.25) is 0 Å². The predicted octanol–water partition coefficient (Wildman–Crippen LogP) is 11.8. The molecule has 2 aromatic rings. The van der Waals surface area contributed by atoms with Crippen LogP contribution in [-0.2, 0) is 11.8 Å². The van der Waals surface area contributed by atoms with Crippen molar-refractivity contribution in [1.82, 2.24) is 0 Å². The second kappa shape index (κ2) is 14.7. The molecule has 0 spiro atoms. The Morgan fingerprint density at radius 1 is 0.291 bits per heavy atom. The van der Waals surface area contributed by atoms with Crippen molar-refractivity contribution < 1.29 is 114 Å². The molecule has 28 heteroatoms. The van der Waals surface area contributed by atoms with E-state index in [1.54, 1.807) is 0 Å². The van der Waals surface area contributed by atoms with Crippen molar-refractivity contribution in [3.8, 4) is 0 Å². The van der Waals surface area contributed by atoms with Gasteiger partial charge in [-0.1, -0.05) is 65.7 Å². The molecule has 0 radical (unpaired) electrons. The lowest BCUT2D eigenvalue weighted by Crippen LogP contribution is -2.69. The second-order valence-electron chi connectivity index (χ2n) is 11.1. The normalized spacial score (nSPS) is 15.9. The van der Waals surface area contributed by atoms with E-state index in [0.29, 0.717) is 24.3 Å². The van der Waals surface area contributed by atoms with Gasteiger partial charge in [-0.2, -0.15) is 114 Å². The minimum absolute atomic E-state index is 0.0178. The first-order valence-corrected chi connectivity index (χ1v) is 16.2. The SMILES string of the molecule is FC(F)(F)C(F)(F)C(F)(F)C(F)(F)C(F)(F)C(F)(F)c1ccc(PCCCPc2ccc(C(F)(F)C(F)(F)C(F)(F)C(F)(F)C(F)(F)C(F)(F)F)cc2)cc1. The molecule has 0 saturated carbocycles. The Balaban J connectivity index is 2.10. The van der Waals surface area contributed by atoms with E-state index >= 15 is 0 Å². The Kier molecular flexibility index (Phi) is 13.0. The zero-order valence-electron chi connectivity index (χ0n) is 25.6. The van der Waals surface area contributed by atoms with Gasteiger partial charge in [-0.25, -0.2) is 0 Å². The lowest BCUT2D eigenvalue weighted by Gasteiger charge is -2.39. The van der Waals surface area contributed by atoms with Crippen molar-refractivity contribution in [2.75, 3.05) is 12.3 Å². The quantitative estimate of drug-likeness (QED) is 0.0895. The summed E-state index contributed by atoms with van der Waals surface area (Å²) in [6.45, 7) is 0. The van der Waals surface area contributed by atoms with Crippen molar-refractivity contribution in [1.29, 1.82) is 0 Å². The smallest absolute Gasteiger partial charge is 0.194 e. The maximum atomic E-state index is 14.3. The summed E-state index contributed by atoms with van der Waals surface area (Å²) < 4.78 is 348. The van der Waals surface area contributed by atoms with Gasteiger partial charge in [-0.3, -0.25) is 0 Å². The van der Waals surface area contributed by atoms with Crippen molar-refractivity contribution >= 4 is 27.8 Å². The molecule has 0 bridgehead atoms. The van der Waals surface area contributed by atoms with Crippen LogP contribution in [0.25, 0.3) is 0 Å². The highest BCUT2D eigenvalue weighted by Gasteiger charge is 2.92. The number of alkyl halides is 26. The Hall–Kier alpha value is -2.52. The zero-order chi connectivity index (χ0) is 43.5. The first kappa shape index (κ1) is 48.6. The van der Waals surface area contributed by atoms with Gasteiger partial charge >= 0.3 is 71.6 Å². The first-order chi connectivity index (χ1) is 24.2. The molecule has 2 atom stereocenters. The van der Waals surface area contributed by atoms with Crippen LogP contribution in [-0.4, -0.2) is 72.1 Å². The second-order valence-corrected chi connectivity index (χ2v) is 14.0. The Bertz CT molecular complexity index is 1490. The van der Waals surface area contributed by atoms with Gasteiger partial charge in [-0.15, -0.1) is 0 Å². The highest BCUT2D eigenvalue weighted by Crippen LogP contribution is 2.63. The molecule has 316 valence electrons. The summed E-state index contributed by atoms with van der Waals surface area (Å²) in [5.41, 5.74) is -4.44. The molecule has 0 aromatic heterocycles. The van der Waals surface area contributed by atoms with Gasteiger partial charge in [0.15, 0.2) is 0 Å². The van der Waals surface area contributed by atoms with Crippen LogP contribution in [0.5, 0.6) is 0 Å². The van der Waals surface area contributed by atoms with Gasteiger partial charge in [0.1, 0.15) is 0 Å². The van der Waals surface area contributed by atoms with Crippen LogP contribution in [0.1, 0.15) is 17.5 Å². The molecule has 0 nitrogen and oxygen atoms in total. The fourth-order valence-corrected chi connectivity index (χ4v) is 6.49. The molecule has 55 heavy (non-hydrogen) atoms. The van der Waals surface area contributed by atoms with E-state index in [0.717, 1.165) is 0 Å². The van der Waals surface area contributed by atoms with E-state index in [-0.39, 0.29) is 53.6 Å². The lowest BCUT2D eigenvalue weighted by atomic mass is 9.90. The molecule has 0 amide bonds. The van der Waals surface area contributed by atoms with Crippen LogP contribution < -0.4 is 10.6 Å². The van der Waals surface area contributed by atoms with Gasteiger partial charge in [-0.05, 0) is 29.4 Å². The van der Waals surface area contributed by atoms with E-state index in [1.807, 2.05) is 0 Å². The van der Waals surface area contributed by atoms with Gasteiger partial charge < -0.3 is 0 Å². The van der Waals surface area contributed by atoms with Crippen LogP contribution in [0.4, 0.5) is 114 Å². The van der Waals surface area contributed by atoms with Crippen molar-refractivity contribution in [2.24, 2.45) is 0 Å². The monoisotopic (exact) mass is 896 g/mol. The number of rotatable bonds is 16. The molecule has 0 N–H and O–H groups in total. The maximum Gasteiger partial charge on any atom is 0.460 e. The molecule has 0 heterocycles. The van der Waals surface area contributed by atoms with E-state index in [9.17, 15) is 114 Å². The third-order valence-electron chi connectivity index (χ3n) is 7.37. The molecule has 0 fully saturated rings. The average molecular weight is 896 g/mol. The Labute approximate surface area is 292 Å². The number of halogens is 26. The van der Waals surface area contributed by atoms with Gasteiger partial charge in [0.25, 0.3) is 0 Å². The van der Waals surface area contributed by atoms with Gasteiger partial charge in [0.2, 0.25) is 0 Å². The molecule has 0 aliphatic rings. The van der Waals surface area contributed by atoms with Crippen molar-refractivity contribution in [3.63, 3.8) is 0 Å². The molecular formula is C27H16F26P2. The Morgan fingerprint density at radius 2 is 0.509 bits per heavy atom. The number of hydrogen-bond donors (Lipinski definition) is 0. The minimum Gasteiger partial charge on any atom is -0.194 e. The molecule has 2 aromatic carbocycles. The third-order valence-corrected chi connectivity index (χ3v) is 10.1. The predicted molar refractivity (Wildman–Crippen MR) is 143 cm³/mol. The summed E-state index contributed by atoms with van der Waals surface area (Å²) in [5.74, 6) is -76.0. The molecular weight excluding hydrogens is 880 g/mol. The Morgan fingerprint density at radius 3 is 0.727 bits per heavy atom. The summed E-state index contributed by atoms with van der Waals surface area (Å²) in [6.07, 6.45) is -15.1. The number of benzene rings is 2. The number of hydrogen-bond acceptors (Lipinski definition) is 0. The van der Waals surface area contributed by atoms with Gasteiger partial charge in [0.05, 0.1) is 0 Å². The summed E-state index contributed by atoms with van der Waals surface area (Å²) in [6, 6.07) is 1.86. The highest BCUT2D eigenvalue weighted by molar-refractivity contribution is 7.48. The van der Waals surface area contributed by atoms with Gasteiger partial charge in [0, 0.05) is 11.1 Å². The summed E-state index contributed by atoms with van der Waals surface area (Å²) >= 11 is 0. The fourth-order valence-electron chi connectivity index (χ4n) is 4.05. The first-order valence-electron chi connectivity index (χ1n) is 13.8. The van der Waals surface area contributed by atoms with Crippen LogP contribution in [0.15, 0.2) is 48.5 Å². The molecule has 0 saturated heterocycles. The van der Waals surface area contributed by atoms with Crippen LogP contribution in [0, 0.1) is 0 Å².